The zero-order valence-corrected chi connectivity index (χ0v) is 10.8. The van der Waals surface area contributed by atoms with Crippen molar-refractivity contribution in [3.05, 3.63) is 77.1 Å². The third-order valence-electron chi connectivity index (χ3n) is 3.00. The Bertz CT molecular complexity index is 762. The highest BCUT2D eigenvalue weighted by atomic mass is 35.5. The molecule has 2 nitrogen and oxygen atoms in total. The van der Waals surface area contributed by atoms with Gasteiger partial charge in [0, 0.05) is 33.9 Å². The minimum Gasteiger partial charge on any atom is -0.289 e. The number of ketones is 1. The lowest BCUT2D eigenvalue weighted by atomic mass is 10.00. The Morgan fingerprint density at radius 3 is 2.68 bits per heavy atom. The quantitative estimate of drug-likeness (QED) is 0.654. The Labute approximate surface area is 115 Å². The number of pyridine rings is 1. The first-order valence-corrected chi connectivity index (χ1v) is 6.26. The molecule has 0 radical (unpaired) electrons. The molecule has 3 rings (SSSR count). The topological polar surface area (TPSA) is 30.0 Å². The molecule has 19 heavy (non-hydrogen) atoms. The van der Waals surface area contributed by atoms with Crippen LogP contribution < -0.4 is 0 Å². The lowest BCUT2D eigenvalue weighted by Gasteiger charge is -2.05. The molecular weight excluding hydrogens is 258 g/mol. The molecule has 0 aliphatic heterocycles. The van der Waals surface area contributed by atoms with E-state index in [2.05, 4.69) is 4.98 Å². The second-order valence-corrected chi connectivity index (χ2v) is 4.68. The second kappa shape index (κ2) is 4.82. The Morgan fingerprint density at radius 1 is 1.00 bits per heavy atom. The number of aromatic nitrogens is 1. The van der Waals surface area contributed by atoms with Crippen LogP contribution in [0.25, 0.3) is 10.8 Å². The molecule has 0 aliphatic rings. The molecule has 0 spiro atoms. The summed E-state index contributed by atoms with van der Waals surface area (Å²) in [5.41, 5.74) is 1.17. The van der Waals surface area contributed by atoms with E-state index < -0.39 is 0 Å². The highest BCUT2D eigenvalue weighted by Gasteiger charge is 2.12. The van der Waals surface area contributed by atoms with Gasteiger partial charge in [-0.2, -0.15) is 0 Å². The number of rotatable bonds is 2. The molecule has 0 atom stereocenters. The van der Waals surface area contributed by atoms with Crippen molar-refractivity contribution >= 4 is 28.2 Å². The summed E-state index contributed by atoms with van der Waals surface area (Å²) >= 11 is 5.93. The van der Waals surface area contributed by atoms with E-state index in [1.54, 1.807) is 36.7 Å². The van der Waals surface area contributed by atoms with Crippen LogP contribution in [-0.4, -0.2) is 10.8 Å². The second-order valence-electron chi connectivity index (χ2n) is 4.25. The van der Waals surface area contributed by atoms with Crippen LogP contribution in [0.1, 0.15) is 15.9 Å². The van der Waals surface area contributed by atoms with Gasteiger partial charge in [0.2, 0.25) is 0 Å². The number of nitrogens with zero attached hydrogens (tertiary/aromatic N) is 1. The van der Waals surface area contributed by atoms with Crippen molar-refractivity contribution in [1.29, 1.82) is 0 Å². The molecule has 0 saturated heterocycles. The fraction of sp³-hybridized carbons (Fsp3) is 0. The maximum absolute atomic E-state index is 12.5. The number of fused-ring (bicyclic) bond motifs is 1. The first kappa shape index (κ1) is 11.9. The molecule has 2 aromatic carbocycles. The molecule has 0 unspecified atom stereocenters. The van der Waals surface area contributed by atoms with E-state index >= 15 is 0 Å². The summed E-state index contributed by atoms with van der Waals surface area (Å²) in [6.45, 7) is 0. The fourth-order valence-electron chi connectivity index (χ4n) is 2.08. The summed E-state index contributed by atoms with van der Waals surface area (Å²) in [4.78, 5) is 16.6. The van der Waals surface area contributed by atoms with Gasteiger partial charge >= 0.3 is 0 Å². The number of hydrogen-bond acceptors (Lipinski definition) is 2. The highest BCUT2D eigenvalue weighted by Crippen LogP contribution is 2.21. The molecule has 1 heterocycles. The van der Waals surface area contributed by atoms with Crippen LogP contribution in [0.2, 0.25) is 5.02 Å². The van der Waals surface area contributed by atoms with Gasteiger partial charge < -0.3 is 0 Å². The normalized spacial score (nSPS) is 10.6. The van der Waals surface area contributed by atoms with Gasteiger partial charge in [0.05, 0.1) is 0 Å². The minimum atomic E-state index is -0.0631. The summed E-state index contributed by atoms with van der Waals surface area (Å²) in [6.07, 6.45) is 3.36. The maximum Gasteiger partial charge on any atom is 0.195 e. The van der Waals surface area contributed by atoms with Crippen molar-refractivity contribution in [2.45, 2.75) is 0 Å². The van der Waals surface area contributed by atoms with Gasteiger partial charge in [-0.25, -0.2) is 0 Å². The van der Waals surface area contributed by atoms with Gasteiger partial charge in [-0.15, -0.1) is 0 Å². The molecule has 0 aliphatic carbocycles. The van der Waals surface area contributed by atoms with Crippen LogP contribution in [0.5, 0.6) is 0 Å². The van der Waals surface area contributed by atoms with Crippen molar-refractivity contribution in [1.82, 2.24) is 4.98 Å². The molecular formula is C16H10ClNO. The van der Waals surface area contributed by atoms with E-state index in [4.69, 9.17) is 11.6 Å². The zero-order valence-electron chi connectivity index (χ0n) is 10.0. The first-order valence-electron chi connectivity index (χ1n) is 5.89. The average molecular weight is 268 g/mol. The number of halogens is 1. The van der Waals surface area contributed by atoms with Crippen molar-refractivity contribution in [3.8, 4) is 0 Å². The molecule has 0 N–H and O–H groups in total. The molecule has 1 aromatic heterocycles. The molecule has 0 amide bonds. The summed E-state index contributed by atoms with van der Waals surface area (Å²) in [5.74, 6) is -0.0631. The number of benzene rings is 2. The van der Waals surface area contributed by atoms with Gasteiger partial charge in [-0.3, -0.25) is 9.78 Å². The number of carbonyl (C=O) groups is 1. The van der Waals surface area contributed by atoms with Crippen molar-refractivity contribution in [2.75, 3.05) is 0 Å². The summed E-state index contributed by atoms with van der Waals surface area (Å²) < 4.78 is 0. The Hall–Kier alpha value is -2.19. The smallest absolute Gasteiger partial charge is 0.195 e. The average Bonchev–Trinajstić information content (AvgIpc) is 2.46. The highest BCUT2D eigenvalue weighted by molar-refractivity contribution is 6.31. The van der Waals surface area contributed by atoms with E-state index in [-0.39, 0.29) is 5.78 Å². The summed E-state index contributed by atoms with van der Waals surface area (Å²) in [5, 5.41) is 2.41. The summed E-state index contributed by atoms with van der Waals surface area (Å²) in [6, 6.07) is 14.7. The van der Waals surface area contributed by atoms with Gasteiger partial charge in [0.25, 0.3) is 0 Å². The van der Waals surface area contributed by atoms with E-state index in [9.17, 15) is 4.79 Å². The van der Waals surface area contributed by atoms with Gasteiger partial charge in [-0.05, 0) is 17.5 Å². The van der Waals surface area contributed by atoms with Crippen LogP contribution in [0, 0.1) is 0 Å². The van der Waals surface area contributed by atoms with Gasteiger partial charge in [0.1, 0.15) is 0 Å². The summed E-state index contributed by atoms with van der Waals surface area (Å²) in [7, 11) is 0. The van der Waals surface area contributed by atoms with E-state index in [0.29, 0.717) is 16.1 Å². The minimum absolute atomic E-state index is 0.0631. The Balaban J connectivity index is 2.17. The van der Waals surface area contributed by atoms with Crippen LogP contribution in [-0.2, 0) is 0 Å². The zero-order chi connectivity index (χ0) is 13.2. The van der Waals surface area contributed by atoms with Crippen LogP contribution in [0.15, 0.2) is 60.9 Å². The van der Waals surface area contributed by atoms with E-state index in [1.165, 1.54) is 0 Å². The molecule has 0 saturated carbocycles. The SMILES string of the molecule is O=C(c1cccc(Cl)c1)c1cncc2ccccc12. The van der Waals surface area contributed by atoms with Gasteiger partial charge in [0.15, 0.2) is 5.78 Å². The van der Waals surface area contributed by atoms with Gasteiger partial charge in [-0.1, -0.05) is 48.0 Å². The van der Waals surface area contributed by atoms with Crippen LogP contribution >= 0.6 is 11.6 Å². The standard InChI is InChI=1S/C16H10ClNO/c17-13-6-3-5-11(8-13)16(19)15-10-18-9-12-4-1-2-7-14(12)15/h1-10H. The monoisotopic (exact) mass is 267 g/mol. The maximum atomic E-state index is 12.5. The molecule has 0 bridgehead atoms. The van der Waals surface area contributed by atoms with Crippen LogP contribution in [0.4, 0.5) is 0 Å². The molecule has 3 heteroatoms. The van der Waals surface area contributed by atoms with E-state index in [1.807, 2.05) is 24.3 Å². The number of carbonyl (C=O) groups excluding carboxylic acids is 1. The third kappa shape index (κ3) is 2.23. The van der Waals surface area contributed by atoms with E-state index in [0.717, 1.165) is 10.8 Å². The Kier molecular flexibility index (Phi) is 3.02. The van der Waals surface area contributed by atoms with Crippen LogP contribution in [0.3, 0.4) is 0 Å². The third-order valence-corrected chi connectivity index (χ3v) is 3.23. The first-order chi connectivity index (χ1) is 9.25. The largest absolute Gasteiger partial charge is 0.289 e. The Morgan fingerprint density at radius 2 is 1.84 bits per heavy atom. The molecule has 0 fully saturated rings. The predicted octanol–water partition coefficient (Wildman–Crippen LogP) is 4.12. The van der Waals surface area contributed by atoms with Crippen molar-refractivity contribution in [2.24, 2.45) is 0 Å². The number of hydrogen-bond donors (Lipinski definition) is 0. The fourth-order valence-corrected chi connectivity index (χ4v) is 2.27. The molecule has 3 aromatic rings. The van der Waals surface area contributed by atoms with Crippen molar-refractivity contribution in [3.63, 3.8) is 0 Å². The lowest BCUT2D eigenvalue weighted by Crippen LogP contribution is -2.02. The molecule has 92 valence electrons. The predicted molar refractivity (Wildman–Crippen MR) is 76.6 cm³/mol. The van der Waals surface area contributed by atoms with Crippen molar-refractivity contribution < 1.29 is 4.79 Å². The lowest BCUT2D eigenvalue weighted by molar-refractivity contribution is 0.104.